The van der Waals surface area contributed by atoms with Gasteiger partial charge in [0.2, 0.25) is 0 Å². The first kappa shape index (κ1) is 16.7. The molecule has 2 heterocycles. The van der Waals surface area contributed by atoms with Crippen molar-refractivity contribution in [2.24, 2.45) is 5.92 Å². The van der Waals surface area contributed by atoms with Gasteiger partial charge in [0.1, 0.15) is 0 Å². The minimum Gasteiger partial charge on any atom is -0.352 e. The molecule has 0 bridgehead atoms. The monoisotopic (exact) mass is 296 g/mol. The van der Waals surface area contributed by atoms with Gasteiger partial charge in [-0.1, -0.05) is 19.4 Å². The second-order valence-corrected chi connectivity index (χ2v) is 6.39. The molecule has 2 aliphatic rings. The predicted molar refractivity (Wildman–Crippen MR) is 82.4 cm³/mol. The number of amides is 1. The van der Waals surface area contributed by atoms with Crippen molar-refractivity contribution < 1.29 is 18.8 Å². The third kappa shape index (κ3) is 4.15. The van der Waals surface area contributed by atoms with Crippen LogP contribution in [0.1, 0.15) is 51.9 Å². The Bertz CT molecular complexity index is 352. The zero-order chi connectivity index (χ0) is 15.1. The zero-order valence-corrected chi connectivity index (χ0v) is 13.4. The lowest BCUT2D eigenvalue weighted by Crippen LogP contribution is -2.53. The Morgan fingerprint density at radius 1 is 1.43 bits per heavy atom. The van der Waals surface area contributed by atoms with Crippen molar-refractivity contribution in [3.05, 3.63) is 12.7 Å². The van der Waals surface area contributed by atoms with Crippen LogP contribution in [-0.2, 0) is 14.3 Å². The number of allylic oxidation sites excluding steroid dienone is 1. The molecule has 21 heavy (non-hydrogen) atoms. The summed E-state index contributed by atoms with van der Waals surface area (Å²) in [7, 11) is 0. The molecule has 0 saturated carbocycles. The number of hydrogen-bond acceptors (Lipinski definition) is 3. The maximum absolute atomic E-state index is 12.8. The van der Waals surface area contributed by atoms with E-state index < -0.39 is 0 Å². The molecule has 120 valence electrons. The molecule has 0 aliphatic carbocycles. The third-order valence-corrected chi connectivity index (χ3v) is 4.76. The number of unbranched alkanes of at least 4 members (excludes halogenated alkanes) is 1. The predicted octanol–water partition coefficient (Wildman–Crippen LogP) is 3.23. The molecule has 0 radical (unpaired) electrons. The fourth-order valence-corrected chi connectivity index (χ4v) is 3.39. The van der Waals surface area contributed by atoms with Gasteiger partial charge in [-0.15, -0.1) is 6.58 Å². The Labute approximate surface area is 128 Å². The van der Waals surface area contributed by atoms with E-state index in [-0.39, 0.29) is 12.2 Å². The van der Waals surface area contributed by atoms with Crippen LogP contribution in [0.3, 0.4) is 0 Å². The molecule has 0 aromatic carbocycles. The Balaban J connectivity index is 1.96. The molecule has 3 atom stereocenters. The van der Waals surface area contributed by atoms with Crippen LogP contribution in [0.15, 0.2) is 12.7 Å². The van der Waals surface area contributed by atoms with Crippen molar-refractivity contribution in [2.75, 3.05) is 26.4 Å². The Hall–Kier alpha value is -0.710. The number of carbonyl (C=O) groups excluding carboxylic acids is 1. The summed E-state index contributed by atoms with van der Waals surface area (Å²) in [5, 5.41) is 0. The number of hydrogen-bond donors (Lipinski definition) is 0. The van der Waals surface area contributed by atoms with Crippen molar-refractivity contribution in [1.29, 1.82) is 0 Å². The average molecular weight is 296 g/mol. The lowest BCUT2D eigenvalue weighted by Gasteiger charge is -2.33. The first-order valence-electron chi connectivity index (χ1n) is 8.46. The number of nitrogens with zero attached hydrogens (tertiary/aromatic N) is 1. The average Bonchev–Trinajstić information content (AvgIpc) is 2.82. The summed E-state index contributed by atoms with van der Waals surface area (Å²) < 4.78 is 12.1. The highest BCUT2D eigenvalue weighted by atomic mass is 16.7. The van der Waals surface area contributed by atoms with Crippen molar-refractivity contribution >= 4 is 5.91 Å². The van der Waals surface area contributed by atoms with Crippen molar-refractivity contribution in [2.45, 2.75) is 58.2 Å². The summed E-state index contributed by atoms with van der Waals surface area (Å²) in [4.78, 5) is 12.8. The summed E-state index contributed by atoms with van der Waals surface area (Å²) in [5.74, 6) is 0.481. The molecule has 0 spiro atoms. The fourth-order valence-electron chi connectivity index (χ4n) is 3.39. The van der Waals surface area contributed by atoms with Gasteiger partial charge in [-0.3, -0.25) is 0 Å². The molecular formula is C17H30NO3+. The van der Waals surface area contributed by atoms with Crippen LogP contribution >= 0.6 is 0 Å². The molecule has 2 saturated heterocycles. The van der Waals surface area contributed by atoms with E-state index in [1.165, 1.54) is 0 Å². The topological polar surface area (TPSA) is 35.5 Å². The van der Waals surface area contributed by atoms with E-state index in [4.69, 9.17) is 9.47 Å². The molecular weight excluding hydrogens is 266 g/mol. The van der Waals surface area contributed by atoms with Crippen molar-refractivity contribution in [3.63, 3.8) is 0 Å². The minimum absolute atomic E-state index is 0.110. The van der Waals surface area contributed by atoms with Crippen molar-refractivity contribution in [3.8, 4) is 0 Å². The number of quaternary nitrogens is 1. The highest BCUT2D eigenvalue weighted by molar-refractivity contribution is 5.73. The fraction of sp³-hybridized carbons (Fsp3) is 0.824. The first-order chi connectivity index (χ1) is 10.2. The molecule has 4 heteroatoms. The number of carbonyl (C=O) groups is 1. The minimum atomic E-state index is -0.110. The van der Waals surface area contributed by atoms with Crippen LogP contribution in [0.4, 0.5) is 0 Å². The molecule has 1 amide bonds. The van der Waals surface area contributed by atoms with Crippen LogP contribution < -0.4 is 0 Å². The van der Waals surface area contributed by atoms with Crippen molar-refractivity contribution in [1.82, 2.24) is 0 Å². The van der Waals surface area contributed by atoms with E-state index in [9.17, 15) is 4.79 Å². The van der Waals surface area contributed by atoms with E-state index in [1.807, 2.05) is 6.08 Å². The molecule has 0 N–H and O–H groups in total. The van der Waals surface area contributed by atoms with Gasteiger partial charge in [0.05, 0.1) is 19.0 Å². The molecule has 4 nitrogen and oxygen atoms in total. The summed E-state index contributed by atoms with van der Waals surface area (Å²) in [6.45, 7) is 9.02. The largest absolute Gasteiger partial charge is 0.352 e. The normalized spacial score (nSPS) is 33.3. The van der Waals surface area contributed by atoms with Crippen LogP contribution in [0.5, 0.6) is 0 Å². The summed E-state index contributed by atoms with van der Waals surface area (Å²) >= 11 is 0. The Morgan fingerprint density at radius 2 is 2.29 bits per heavy atom. The molecule has 2 aliphatic heterocycles. The van der Waals surface area contributed by atoms with Crippen LogP contribution in [-0.4, -0.2) is 43.1 Å². The molecule has 0 aromatic rings. The summed E-state index contributed by atoms with van der Waals surface area (Å²) in [6, 6.07) is 0. The van der Waals surface area contributed by atoms with Crippen LogP contribution in [0, 0.1) is 5.92 Å². The van der Waals surface area contributed by atoms with Gasteiger partial charge in [0, 0.05) is 13.0 Å². The molecule has 2 rings (SSSR count). The SMILES string of the molecule is C=CCC1CC[N+](CCCC)(COC2CCCCO2)C1=O. The molecule has 3 unspecified atom stereocenters. The van der Waals surface area contributed by atoms with Gasteiger partial charge < -0.3 is 9.47 Å². The standard InChI is InChI=1S/C17H30NO3/c1-3-5-11-18(12-10-15(8-4-2)17(18)19)14-21-16-9-6-7-13-20-16/h4,15-16H,2-3,5-14H2,1H3/q+1. The van der Waals surface area contributed by atoms with E-state index in [0.29, 0.717) is 17.1 Å². The van der Waals surface area contributed by atoms with Gasteiger partial charge in [0.15, 0.2) is 13.0 Å². The van der Waals surface area contributed by atoms with Gasteiger partial charge in [-0.25, -0.2) is 9.28 Å². The first-order valence-corrected chi connectivity index (χ1v) is 8.46. The quantitative estimate of drug-likeness (QED) is 0.509. The number of likely N-dealkylation sites (tertiary alicyclic amines) is 1. The van der Waals surface area contributed by atoms with E-state index in [2.05, 4.69) is 13.5 Å². The second kappa shape index (κ2) is 8.06. The maximum Gasteiger partial charge on any atom is 0.319 e. The van der Waals surface area contributed by atoms with Gasteiger partial charge >= 0.3 is 5.91 Å². The summed E-state index contributed by atoms with van der Waals surface area (Å²) in [6.07, 6.45) is 8.94. The van der Waals surface area contributed by atoms with Crippen LogP contribution in [0.25, 0.3) is 0 Å². The third-order valence-electron chi connectivity index (χ3n) is 4.76. The number of rotatable bonds is 8. The smallest absolute Gasteiger partial charge is 0.319 e. The molecule has 0 aromatic heterocycles. The van der Waals surface area contributed by atoms with Gasteiger partial charge in [-0.2, -0.15) is 0 Å². The highest BCUT2D eigenvalue weighted by Gasteiger charge is 2.47. The number of ether oxygens (including phenoxy) is 2. The Morgan fingerprint density at radius 3 is 2.95 bits per heavy atom. The Kier molecular flexibility index (Phi) is 6.40. The lowest BCUT2D eigenvalue weighted by atomic mass is 10.0. The second-order valence-electron chi connectivity index (χ2n) is 6.39. The van der Waals surface area contributed by atoms with E-state index >= 15 is 0 Å². The lowest BCUT2D eigenvalue weighted by molar-refractivity contribution is -0.870. The highest BCUT2D eigenvalue weighted by Crippen LogP contribution is 2.30. The maximum atomic E-state index is 12.8. The zero-order valence-electron chi connectivity index (χ0n) is 13.4. The summed E-state index contributed by atoms with van der Waals surface area (Å²) in [5.41, 5.74) is 0. The van der Waals surface area contributed by atoms with Gasteiger partial charge in [-0.05, 0) is 32.1 Å². The molecule has 2 fully saturated rings. The van der Waals surface area contributed by atoms with Crippen LogP contribution in [0.2, 0.25) is 0 Å². The van der Waals surface area contributed by atoms with E-state index in [0.717, 1.165) is 64.6 Å². The van der Waals surface area contributed by atoms with Gasteiger partial charge in [0.25, 0.3) is 0 Å². The van der Waals surface area contributed by atoms with E-state index in [1.54, 1.807) is 0 Å².